The second-order valence-electron chi connectivity index (χ2n) is 6.92. The molecule has 0 saturated carbocycles. The SMILES string of the molecule is O=S(=O)(c1ccc2ccccc2c1)N1CCC[C@@H]1c1nc2ccccc2[nH]1. The van der Waals surface area contributed by atoms with Crippen LogP contribution in [-0.4, -0.2) is 29.2 Å². The topological polar surface area (TPSA) is 66.1 Å². The standard InChI is InChI=1S/C21H19N3O2S/c25-27(26,17-12-11-15-6-1-2-7-16(15)14-17)24-13-5-10-20(24)21-22-18-8-3-4-9-19(18)23-21/h1-4,6-9,11-12,14,20H,5,10,13H2,(H,22,23)/t20-/m1/s1. The van der Waals surface area contributed by atoms with E-state index in [4.69, 9.17) is 0 Å². The third kappa shape index (κ3) is 2.72. The summed E-state index contributed by atoms with van der Waals surface area (Å²) in [5.41, 5.74) is 1.80. The largest absolute Gasteiger partial charge is 0.341 e. The first-order valence-electron chi connectivity index (χ1n) is 9.08. The van der Waals surface area contributed by atoms with Crippen molar-refractivity contribution >= 4 is 31.8 Å². The van der Waals surface area contributed by atoms with E-state index in [0.717, 1.165) is 40.5 Å². The lowest BCUT2D eigenvalue weighted by atomic mass is 10.1. The van der Waals surface area contributed by atoms with Crippen LogP contribution in [0.15, 0.2) is 71.6 Å². The van der Waals surface area contributed by atoms with Crippen LogP contribution in [0.2, 0.25) is 0 Å². The van der Waals surface area contributed by atoms with Crippen LogP contribution in [0, 0.1) is 0 Å². The Bertz CT molecular complexity index is 1210. The zero-order chi connectivity index (χ0) is 18.4. The Kier molecular flexibility index (Phi) is 3.77. The number of benzene rings is 3. The van der Waals surface area contributed by atoms with Gasteiger partial charge in [0.15, 0.2) is 0 Å². The Morgan fingerprint density at radius 2 is 1.74 bits per heavy atom. The monoisotopic (exact) mass is 377 g/mol. The number of imidazole rings is 1. The molecule has 27 heavy (non-hydrogen) atoms. The average Bonchev–Trinajstić information content (AvgIpc) is 3.34. The molecule has 0 aliphatic carbocycles. The molecule has 1 saturated heterocycles. The predicted molar refractivity (Wildman–Crippen MR) is 106 cm³/mol. The van der Waals surface area contributed by atoms with E-state index in [1.807, 2.05) is 54.6 Å². The Labute approximate surface area is 157 Å². The summed E-state index contributed by atoms with van der Waals surface area (Å²) in [5, 5.41) is 1.96. The summed E-state index contributed by atoms with van der Waals surface area (Å²) in [5.74, 6) is 0.720. The number of hydrogen-bond donors (Lipinski definition) is 1. The van der Waals surface area contributed by atoms with Gasteiger partial charge >= 0.3 is 0 Å². The van der Waals surface area contributed by atoms with Crippen LogP contribution in [0.25, 0.3) is 21.8 Å². The number of H-pyrrole nitrogens is 1. The van der Waals surface area contributed by atoms with E-state index >= 15 is 0 Å². The summed E-state index contributed by atoms with van der Waals surface area (Å²) >= 11 is 0. The van der Waals surface area contributed by atoms with Crippen LogP contribution >= 0.6 is 0 Å². The van der Waals surface area contributed by atoms with Crippen LogP contribution in [0.5, 0.6) is 0 Å². The second-order valence-corrected chi connectivity index (χ2v) is 8.81. The minimum Gasteiger partial charge on any atom is -0.341 e. The Hall–Kier alpha value is -2.70. The van der Waals surface area contributed by atoms with Crippen LogP contribution in [0.1, 0.15) is 24.7 Å². The fourth-order valence-electron chi connectivity index (χ4n) is 3.89. The molecule has 1 aliphatic rings. The van der Waals surface area contributed by atoms with Gasteiger partial charge < -0.3 is 4.98 Å². The van der Waals surface area contributed by atoms with Crippen molar-refractivity contribution in [3.8, 4) is 0 Å². The van der Waals surface area contributed by atoms with Gasteiger partial charge in [0, 0.05) is 6.54 Å². The lowest BCUT2D eigenvalue weighted by Gasteiger charge is -2.22. The molecule has 5 nitrogen and oxygen atoms in total. The van der Waals surface area contributed by atoms with Gasteiger partial charge in [-0.25, -0.2) is 13.4 Å². The summed E-state index contributed by atoms with van der Waals surface area (Å²) in [7, 11) is -3.59. The van der Waals surface area contributed by atoms with Crippen molar-refractivity contribution < 1.29 is 8.42 Å². The highest BCUT2D eigenvalue weighted by atomic mass is 32.2. The lowest BCUT2D eigenvalue weighted by molar-refractivity contribution is 0.386. The number of rotatable bonds is 3. The summed E-state index contributed by atoms with van der Waals surface area (Å²) in [4.78, 5) is 8.28. The molecule has 5 rings (SSSR count). The molecule has 2 heterocycles. The summed E-state index contributed by atoms with van der Waals surface area (Å²) in [6.07, 6.45) is 1.60. The van der Waals surface area contributed by atoms with Crippen molar-refractivity contribution in [2.24, 2.45) is 0 Å². The molecule has 0 unspecified atom stereocenters. The molecule has 1 N–H and O–H groups in total. The summed E-state index contributed by atoms with van der Waals surface area (Å²) in [6.45, 7) is 0.511. The predicted octanol–water partition coefficient (Wildman–Crippen LogP) is 4.24. The smallest absolute Gasteiger partial charge is 0.243 e. The van der Waals surface area contributed by atoms with E-state index in [-0.39, 0.29) is 6.04 Å². The minimum absolute atomic E-state index is 0.256. The number of sulfonamides is 1. The van der Waals surface area contributed by atoms with Crippen molar-refractivity contribution in [1.82, 2.24) is 14.3 Å². The van der Waals surface area contributed by atoms with Gasteiger partial charge in [-0.05, 0) is 47.9 Å². The molecule has 4 aromatic rings. The van der Waals surface area contributed by atoms with E-state index in [0.29, 0.717) is 11.4 Å². The van der Waals surface area contributed by atoms with E-state index in [1.54, 1.807) is 16.4 Å². The van der Waals surface area contributed by atoms with E-state index in [2.05, 4.69) is 9.97 Å². The number of nitrogens with zero attached hydrogens (tertiary/aromatic N) is 2. The molecule has 1 aliphatic heterocycles. The maximum absolute atomic E-state index is 13.4. The van der Waals surface area contributed by atoms with Crippen molar-refractivity contribution in [3.05, 3.63) is 72.6 Å². The Morgan fingerprint density at radius 1 is 0.963 bits per heavy atom. The summed E-state index contributed by atoms with van der Waals surface area (Å²) < 4.78 is 28.3. The van der Waals surface area contributed by atoms with Crippen molar-refractivity contribution in [3.63, 3.8) is 0 Å². The first kappa shape index (κ1) is 16.5. The van der Waals surface area contributed by atoms with Gasteiger partial charge in [-0.15, -0.1) is 0 Å². The van der Waals surface area contributed by atoms with Gasteiger partial charge in [0.2, 0.25) is 10.0 Å². The Morgan fingerprint density at radius 3 is 2.59 bits per heavy atom. The minimum atomic E-state index is -3.59. The third-order valence-corrected chi connectivity index (χ3v) is 7.16. The van der Waals surface area contributed by atoms with E-state index in [9.17, 15) is 8.42 Å². The lowest BCUT2D eigenvalue weighted by Crippen LogP contribution is -2.31. The van der Waals surface area contributed by atoms with Crippen LogP contribution in [0.4, 0.5) is 0 Å². The molecule has 0 spiro atoms. The van der Waals surface area contributed by atoms with Crippen LogP contribution in [-0.2, 0) is 10.0 Å². The Balaban J connectivity index is 1.56. The maximum Gasteiger partial charge on any atom is 0.243 e. The summed E-state index contributed by atoms with van der Waals surface area (Å²) in [6, 6.07) is 20.7. The third-order valence-electron chi connectivity index (χ3n) is 5.25. The maximum atomic E-state index is 13.4. The van der Waals surface area contributed by atoms with Gasteiger partial charge in [-0.2, -0.15) is 4.31 Å². The van der Waals surface area contributed by atoms with Crippen LogP contribution < -0.4 is 0 Å². The highest BCUT2D eigenvalue weighted by Gasteiger charge is 2.37. The van der Waals surface area contributed by atoms with Crippen molar-refractivity contribution in [2.45, 2.75) is 23.8 Å². The highest BCUT2D eigenvalue weighted by molar-refractivity contribution is 7.89. The number of fused-ring (bicyclic) bond motifs is 2. The van der Waals surface area contributed by atoms with Gasteiger partial charge in [0.1, 0.15) is 5.82 Å². The van der Waals surface area contributed by atoms with E-state index < -0.39 is 10.0 Å². The molecule has 6 heteroatoms. The molecular formula is C21H19N3O2S. The molecule has 136 valence electrons. The van der Waals surface area contributed by atoms with Crippen molar-refractivity contribution in [2.75, 3.05) is 6.54 Å². The van der Waals surface area contributed by atoms with Crippen molar-refractivity contribution in [1.29, 1.82) is 0 Å². The number of aromatic nitrogens is 2. The molecule has 0 bridgehead atoms. The zero-order valence-electron chi connectivity index (χ0n) is 14.7. The second kappa shape index (κ2) is 6.18. The van der Waals surface area contributed by atoms with Gasteiger partial charge in [-0.1, -0.05) is 42.5 Å². The number of hydrogen-bond acceptors (Lipinski definition) is 3. The zero-order valence-corrected chi connectivity index (χ0v) is 15.5. The highest BCUT2D eigenvalue weighted by Crippen LogP contribution is 2.36. The number of para-hydroxylation sites is 2. The molecular weight excluding hydrogens is 358 g/mol. The molecule has 1 fully saturated rings. The molecule has 0 amide bonds. The molecule has 0 radical (unpaired) electrons. The van der Waals surface area contributed by atoms with Crippen LogP contribution in [0.3, 0.4) is 0 Å². The first-order valence-corrected chi connectivity index (χ1v) is 10.5. The van der Waals surface area contributed by atoms with E-state index in [1.165, 1.54) is 0 Å². The number of nitrogens with one attached hydrogen (secondary N) is 1. The average molecular weight is 377 g/mol. The fourth-order valence-corrected chi connectivity index (χ4v) is 5.59. The van der Waals surface area contributed by atoms with Gasteiger partial charge in [0.05, 0.1) is 22.0 Å². The quantitative estimate of drug-likeness (QED) is 0.581. The molecule has 1 aromatic heterocycles. The number of aromatic amines is 1. The molecule has 1 atom stereocenters. The van der Waals surface area contributed by atoms with Gasteiger partial charge in [0.25, 0.3) is 0 Å². The fraction of sp³-hybridized carbons (Fsp3) is 0.190. The first-order chi connectivity index (χ1) is 13.1. The normalized spacial score (nSPS) is 18.4. The molecule has 3 aromatic carbocycles. The van der Waals surface area contributed by atoms with Gasteiger partial charge in [-0.3, -0.25) is 0 Å².